The zero-order chi connectivity index (χ0) is 15.0. The molecule has 2 aromatic carbocycles. The lowest BCUT2D eigenvalue weighted by Crippen LogP contribution is -2.21. The summed E-state index contributed by atoms with van der Waals surface area (Å²) in [6.45, 7) is 0.0415. The van der Waals surface area contributed by atoms with Gasteiger partial charge in [-0.15, -0.1) is 0 Å². The molecule has 0 aliphatic rings. The highest BCUT2D eigenvalue weighted by molar-refractivity contribution is 9.10. The largest absolute Gasteiger partial charge is 0.294 e. The number of fused-ring (bicyclic) bond motifs is 1. The molecule has 0 aliphatic heterocycles. The minimum atomic E-state index is -0.441. The molecule has 0 bridgehead atoms. The molecule has 3 nitrogen and oxygen atoms in total. The Balaban J connectivity index is 2.14. The van der Waals surface area contributed by atoms with Crippen molar-refractivity contribution in [2.24, 2.45) is 0 Å². The Bertz CT molecular complexity index is 874. The first-order chi connectivity index (χ1) is 10.1. The van der Waals surface area contributed by atoms with E-state index in [4.69, 9.17) is 11.6 Å². The third-order valence-electron chi connectivity index (χ3n) is 3.18. The first-order valence-electron chi connectivity index (χ1n) is 6.14. The van der Waals surface area contributed by atoms with Crippen LogP contribution in [0.3, 0.4) is 0 Å². The first-order valence-corrected chi connectivity index (χ1v) is 7.31. The fourth-order valence-corrected chi connectivity index (χ4v) is 2.68. The van der Waals surface area contributed by atoms with Gasteiger partial charge in [0.2, 0.25) is 0 Å². The van der Waals surface area contributed by atoms with Gasteiger partial charge in [0.15, 0.2) is 0 Å². The smallest absolute Gasteiger partial charge is 0.261 e. The van der Waals surface area contributed by atoms with Crippen molar-refractivity contribution >= 4 is 38.4 Å². The van der Waals surface area contributed by atoms with Crippen molar-refractivity contribution in [1.29, 1.82) is 0 Å². The van der Waals surface area contributed by atoms with Gasteiger partial charge in [-0.2, -0.15) is 0 Å². The summed E-state index contributed by atoms with van der Waals surface area (Å²) in [5.41, 5.74) is 0.636. The Morgan fingerprint density at radius 3 is 2.86 bits per heavy atom. The van der Waals surface area contributed by atoms with E-state index in [2.05, 4.69) is 20.9 Å². The van der Waals surface area contributed by atoms with Crippen LogP contribution in [0, 0.1) is 5.82 Å². The predicted octanol–water partition coefficient (Wildman–Crippen LogP) is 4.00. The van der Waals surface area contributed by atoms with Gasteiger partial charge in [0.25, 0.3) is 5.56 Å². The highest BCUT2D eigenvalue weighted by Crippen LogP contribution is 2.20. The van der Waals surface area contributed by atoms with Crippen molar-refractivity contribution in [1.82, 2.24) is 9.55 Å². The average Bonchev–Trinajstić information content (AvgIpc) is 2.46. The lowest BCUT2D eigenvalue weighted by Gasteiger charge is -2.09. The summed E-state index contributed by atoms with van der Waals surface area (Å²) >= 11 is 9.32. The minimum Gasteiger partial charge on any atom is -0.294 e. The molecule has 1 aromatic heterocycles. The van der Waals surface area contributed by atoms with E-state index in [-0.39, 0.29) is 22.7 Å². The normalized spacial score (nSPS) is 11.0. The van der Waals surface area contributed by atoms with Crippen molar-refractivity contribution in [3.05, 3.63) is 74.0 Å². The van der Waals surface area contributed by atoms with Crippen molar-refractivity contribution in [2.75, 3.05) is 0 Å². The van der Waals surface area contributed by atoms with Gasteiger partial charge >= 0.3 is 0 Å². The molecule has 21 heavy (non-hydrogen) atoms. The summed E-state index contributed by atoms with van der Waals surface area (Å²) in [7, 11) is 0. The first kappa shape index (κ1) is 14.2. The summed E-state index contributed by atoms with van der Waals surface area (Å²) in [5, 5.41) is 0.760. The van der Waals surface area contributed by atoms with Gasteiger partial charge in [-0.1, -0.05) is 33.6 Å². The zero-order valence-electron chi connectivity index (χ0n) is 10.7. The van der Waals surface area contributed by atoms with Gasteiger partial charge in [-0.05, 0) is 30.3 Å². The zero-order valence-corrected chi connectivity index (χ0v) is 13.0. The van der Waals surface area contributed by atoms with Crippen LogP contribution in [0.1, 0.15) is 5.56 Å². The third kappa shape index (κ3) is 2.71. The second kappa shape index (κ2) is 5.58. The van der Waals surface area contributed by atoms with Crippen LogP contribution in [0.2, 0.25) is 5.02 Å². The van der Waals surface area contributed by atoms with E-state index in [1.54, 1.807) is 18.2 Å². The SMILES string of the molecule is O=c1c2cc(Br)ccc2ncn1Cc1c(F)cccc1Cl. The Hall–Kier alpha value is -1.72. The van der Waals surface area contributed by atoms with Crippen molar-refractivity contribution < 1.29 is 4.39 Å². The van der Waals surface area contributed by atoms with E-state index in [9.17, 15) is 9.18 Å². The quantitative estimate of drug-likeness (QED) is 0.686. The van der Waals surface area contributed by atoms with Crippen molar-refractivity contribution in [2.45, 2.75) is 6.54 Å². The van der Waals surface area contributed by atoms with E-state index in [0.29, 0.717) is 10.9 Å². The Morgan fingerprint density at radius 2 is 2.10 bits per heavy atom. The van der Waals surface area contributed by atoms with E-state index in [1.165, 1.54) is 23.0 Å². The molecule has 0 unspecified atom stereocenters. The van der Waals surface area contributed by atoms with Gasteiger partial charge in [-0.3, -0.25) is 9.36 Å². The predicted molar refractivity (Wildman–Crippen MR) is 84.2 cm³/mol. The van der Waals surface area contributed by atoms with Crippen molar-refractivity contribution in [3.63, 3.8) is 0 Å². The highest BCUT2D eigenvalue weighted by atomic mass is 79.9. The van der Waals surface area contributed by atoms with Gasteiger partial charge in [0.1, 0.15) is 5.82 Å². The maximum atomic E-state index is 13.8. The van der Waals surface area contributed by atoms with Crippen molar-refractivity contribution in [3.8, 4) is 0 Å². The van der Waals surface area contributed by atoms with Gasteiger partial charge in [0, 0.05) is 15.1 Å². The second-order valence-corrected chi connectivity index (χ2v) is 5.86. The molecule has 106 valence electrons. The molecular formula is C15H9BrClFN2O. The monoisotopic (exact) mass is 366 g/mol. The maximum absolute atomic E-state index is 13.8. The van der Waals surface area contributed by atoms with Crippen LogP contribution >= 0.6 is 27.5 Å². The van der Waals surface area contributed by atoms with Crippen LogP contribution in [0.15, 0.2) is 52.0 Å². The fourth-order valence-electron chi connectivity index (χ4n) is 2.10. The van der Waals surface area contributed by atoms with Crippen LogP contribution in [0.25, 0.3) is 10.9 Å². The molecular weight excluding hydrogens is 359 g/mol. The third-order valence-corrected chi connectivity index (χ3v) is 4.02. The number of rotatable bonds is 2. The maximum Gasteiger partial charge on any atom is 0.261 e. The van der Waals surface area contributed by atoms with Gasteiger partial charge < -0.3 is 0 Å². The molecule has 0 N–H and O–H groups in total. The van der Waals surface area contributed by atoms with Crippen LogP contribution in [-0.2, 0) is 6.54 Å². The molecule has 1 heterocycles. The molecule has 3 aromatic rings. The van der Waals surface area contributed by atoms with Gasteiger partial charge in [-0.25, -0.2) is 9.37 Å². The number of hydrogen-bond donors (Lipinski definition) is 0. The van der Waals surface area contributed by atoms with Crippen LogP contribution in [0.5, 0.6) is 0 Å². The Labute approximate surface area is 133 Å². The fraction of sp³-hybridized carbons (Fsp3) is 0.0667. The molecule has 0 fully saturated rings. The Morgan fingerprint density at radius 1 is 1.29 bits per heavy atom. The molecule has 0 saturated heterocycles. The minimum absolute atomic E-state index is 0.0415. The van der Waals surface area contributed by atoms with Crippen LogP contribution in [-0.4, -0.2) is 9.55 Å². The number of halogens is 3. The second-order valence-electron chi connectivity index (χ2n) is 4.54. The molecule has 0 saturated carbocycles. The van der Waals surface area contributed by atoms with Gasteiger partial charge in [0.05, 0.1) is 23.8 Å². The number of hydrogen-bond acceptors (Lipinski definition) is 2. The van der Waals surface area contributed by atoms with E-state index in [1.807, 2.05) is 6.07 Å². The molecule has 0 spiro atoms. The molecule has 0 radical (unpaired) electrons. The summed E-state index contributed by atoms with van der Waals surface area (Å²) in [5.74, 6) is -0.441. The number of nitrogens with zero attached hydrogens (tertiary/aromatic N) is 2. The number of benzene rings is 2. The molecule has 0 aliphatic carbocycles. The average molecular weight is 368 g/mol. The summed E-state index contributed by atoms with van der Waals surface area (Å²) in [6, 6.07) is 9.70. The summed E-state index contributed by atoms with van der Waals surface area (Å²) < 4.78 is 16.0. The van der Waals surface area contributed by atoms with Crippen LogP contribution in [0.4, 0.5) is 4.39 Å². The molecule has 3 rings (SSSR count). The topological polar surface area (TPSA) is 34.9 Å². The lowest BCUT2D eigenvalue weighted by atomic mass is 10.2. The standard InChI is InChI=1S/C15H9BrClFN2O/c16-9-4-5-14-10(6-9)15(21)20(8-19-14)7-11-12(17)2-1-3-13(11)18/h1-6,8H,7H2. The van der Waals surface area contributed by atoms with E-state index in [0.717, 1.165) is 4.47 Å². The highest BCUT2D eigenvalue weighted by Gasteiger charge is 2.10. The Kier molecular flexibility index (Phi) is 3.78. The summed E-state index contributed by atoms with van der Waals surface area (Å²) in [4.78, 5) is 16.7. The lowest BCUT2D eigenvalue weighted by molar-refractivity contribution is 0.595. The van der Waals surface area contributed by atoms with E-state index < -0.39 is 5.82 Å². The van der Waals surface area contributed by atoms with E-state index >= 15 is 0 Å². The summed E-state index contributed by atoms with van der Waals surface area (Å²) in [6.07, 6.45) is 1.40. The molecule has 0 atom stereocenters. The molecule has 0 amide bonds. The van der Waals surface area contributed by atoms with Crippen LogP contribution < -0.4 is 5.56 Å². The number of aromatic nitrogens is 2. The molecule has 6 heteroatoms.